The van der Waals surface area contributed by atoms with E-state index in [1.165, 1.54) is 0 Å². The molecule has 0 aromatic carbocycles. The van der Waals surface area contributed by atoms with Crippen molar-refractivity contribution in [3.05, 3.63) is 146 Å². The Morgan fingerprint density at radius 3 is 0.474 bits per heavy atom. The van der Waals surface area contributed by atoms with Crippen LogP contribution in [0.2, 0.25) is 0 Å². The van der Waals surface area contributed by atoms with Crippen molar-refractivity contribution in [2.24, 2.45) is 30.7 Å². The largest absolute Gasteiger partial charge is 2.00 e. The molecule has 0 spiro atoms. The molecule has 0 aliphatic heterocycles. The molecule has 6 heterocycles. The normalized spacial score (nSPS) is 13.5. The number of rotatable bonds is 6. The molecule has 57 heavy (non-hydrogen) atoms. The van der Waals surface area contributed by atoms with Gasteiger partial charge in [-0.1, -0.05) is 36.4 Å². The van der Waals surface area contributed by atoms with Crippen LogP contribution in [-0.4, -0.2) is 29.9 Å². The first-order chi connectivity index (χ1) is 25.7. The van der Waals surface area contributed by atoms with Crippen LogP contribution in [0.3, 0.4) is 0 Å². The van der Waals surface area contributed by atoms with Gasteiger partial charge >= 0.3 is 83.0 Å². The van der Waals surface area contributed by atoms with Gasteiger partial charge < -0.3 is 0 Å². The van der Waals surface area contributed by atoms with Crippen LogP contribution in [0, 0.1) is 0 Å². The Morgan fingerprint density at radius 2 is 0.386 bits per heavy atom. The first-order valence-corrected chi connectivity index (χ1v) is 18.6. The second kappa shape index (κ2) is 19.9. The molecule has 0 bridgehead atoms. The standard InChI is InChI=1S/3C10H8N4.Cu.2F6P/c3*1-3-7-11-9(5-1)13-14-10-6-2-4-8-12-10;;2*1-7(2,3,4,5)6/h3*1-8H;;;/q;;;+2;2*-1/b3*14-13+;;;. The van der Waals surface area contributed by atoms with Gasteiger partial charge in [-0.25, -0.2) is 29.9 Å². The summed E-state index contributed by atoms with van der Waals surface area (Å²) in [6.07, 6.45) is 10.0. The molecule has 0 N–H and O–H groups in total. The van der Waals surface area contributed by atoms with Crippen LogP contribution in [0.25, 0.3) is 0 Å². The molecule has 0 saturated carbocycles. The third kappa shape index (κ3) is 35.7. The van der Waals surface area contributed by atoms with Gasteiger partial charge in [0.15, 0.2) is 34.9 Å². The van der Waals surface area contributed by atoms with Crippen molar-refractivity contribution in [2.45, 2.75) is 0 Å². The van der Waals surface area contributed by atoms with Gasteiger partial charge in [-0.3, -0.25) is 0 Å². The molecule has 12 nitrogen and oxygen atoms in total. The first kappa shape index (κ1) is 49.3. The minimum absolute atomic E-state index is 0. The Hall–Kier alpha value is -5.76. The summed E-state index contributed by atoms with van der Waals surface area (Å²) in [7, 11) is -21.3. The fourth-order valence-electron chi connectivity index (χ4n) is 2.78. The van der Waals surface area contributed by atoms with E-state index in [2.05, 4.69) is 60.6 Å². The van der Waals surface area contributed by atoms with Gasteiger partial charge in [0.25, 0.3) is 0 Å². The van der Waals surface area contributed by atoms with E-state index < -0.39 is 15.6 Å². The van der Waals surface area contributed by atoms with Crippen molar-refractivity contribution >= 4 is 50.5 Å². The van der Waals surface area contributed by atoms with E-state index >= 15 is 0 Å². The van der Waals surface area contributed by atoms with E-state index in [1.807, 2.05) is 72.8 Å². The fourth-order valence-corrected chi connectivity index (χ4v) is 2.78. The molecule has 6 aromatic rings. The van der Waals surface area contributed by atoms with Gasteiger partial charge in [-0.15, -0.1) is 30.7 Å². The van der Waals surface area contributed by atoms with Crippen LogP contribution < -0.4 is 0 Å². The maximum Gasteiger partial charge on any atom is 2.00 e. The quantitative estimate of drug-likeness (QED) is 0.0702. The average Bonchev–Trinajstić information content (AvgIpc) is 3.13. The predicted molar refractivity (Wildman–Crippen MR) is 185 cm³/mol. The van der Waals surface area contributed by atoms with Gasteiger partial charge in [0.1, 0.15) is 0 Å². The molecule has 0 fully saturated rings. The molecule has 0 aliphatic carbocycles. The van der Waals surface area contributed by atoms with Crippen molar-refractivity contribution in [3.8, 4) is 0 Å². The SMILES string of the molecule is F[P-](F)(F)(F)(F)F.F[P-](F)(F)(F)(F)F.[Cu+2].c1ccc(/N=N/c2ccccn2)nc1.c1ccc(/N=N/c2ccccn2)nc1.c1ccc(/N=N/c2ccccn2)nc1. The molecule has 27 heteroatoms. The molecule has 309 valence electrons. The number of aromatic nitrogens is 6. The second-order valence-electron chi connectivity index (χ2n) is 9.64. The minimum Gasteiger partial charge on any atom is -0.236 e. The summed E-state index contributed by atoms with van der Waals surface area (Å²) >= 11 is 0. The maximum absolute atomic E-state index is 10.7. The van der Waals surface area contributed by atoms with Crippen molar-refractivity contribution in [2.75, 3.05) is 0 Å². The average molecular weight is 906 g/mol. The maximum atomic E-state index is 9.87. The van der Waals surface area contributed by atoms with Gasteiger partial charge in [-0.05, 0) is 72.8 Å². The molecular weight excluding hydrogens is 882 g/mol. The molecule has 1 radical (unpaired) electrons. The number of hydrogen-bond donors (Lipinski definition) is 0. The monoisotopic (exact) mass is 905 g/mol. The third-order valence-corrected chi connectivity index (χ3v) is 4.66. The Morgan fingerprint density at radius 1 is 0.263 bits per heavy atom. The zero-order valence-corrected chi connectivity index (χ0v) is 30.7. The van der Waals surface area contributed by atoms with Crippen LogP contribution in [0.1, 0.15) is 0 Å². The Kier molecular flexibility index (Phi) is 17.2. The molecule has 6 aromatic heterocycles. The summed E-state index contributed by atoms with van der Waals surface area (Å²) in [5, 5.41) is 23.6. The molecule has 0 atom stereocenters. The molecule has 0 saturated heterocycles. The topological polar surface area (TPSA) is 152 Å². The van der Waals surface area contributed by atoms with E-state index in [1.54, 1.807) is 73.6 Å². The number of halogens is 12. The summed E-state index contributed by atoms with van der Waals surface area (Å²) in [4.78, 5) is 24.0. The molecule has 6 rings (SSSR count). The van der Waals surface area contributed by atoms with Crippen LogP contribution >= 0.6 is 15.6 Å². The summed E-state index contributed by atoms with van der Waals surface area (Å²) in [6.45, 7) is 0. The number of nitrogens with zero attached hydrogens (tertiary/aromatic N) is 12. The first-order valence-electron chi connectivity index (χ1n) is 14.6. The smallest absolute Gasteiger partial charge is 0.236 e. The van der Waals surface area contributed by atoms with Crippen LogP contribution in [-0.2, 0) is 17.1 Å². The Bertz CT molecular complexity index is 1740. The summed E-state index contributed by atoms with van der Waals surface area (Å²) in [6, 6.07) is 32.9. The number of hydrogen-bond acceptors (Lipinski definition) is 12. The zero-order chi connectivity index (χ0) is 41.7. The van der Waals surface area contributed by atoms with Gasteiger partial charge in [0.2, 0.25) is 0 Å². The summed E-state index contributed by atoms with van der Waals surface area (Å²) < 4.78 is 118. The van der Waals surface area contributed by atoms with E-state index in [4.69, 9.17) is 0 Å². The Labute approximate surface area is 324 Å². The Balaban J connectivity index is 0.000000367. The van der Waals surface area contributed by atoms with Gasteiger partial charge in [0.05, 0.1) is 0 Å². The predicted octanol–water partition coefficient (Wildman–Crippen LogP) is 15.4. The summed E-state index contributed by atoms with van der Waals surface area (Å²) in [5.41, 5.74) is 0. The number of pyridine rings is 6. The van der Waals surface area contributed by atoms with Crippen molar-refractivity contribution in [1.29, 1.82) is 0 Å². The molecular formula is C30H24CuF12N12P2. The van der Waals surface area contributed by atoms with E-state index in [0.29, 0.717) is 34.9 Å². The second-order valence-corrected chi connectivity index (χ2v) is 13.5. The molecule has 0 amide bonds. The van der Waals surface area contributed by atoms with E-state index in [0.717, 1.165) is 0 Å². The van der Waals surface area contributed by atoms with Crippen molar-refractivity contribution < 1.29 is 67.4 Å². The number of azo groups is 3. The molecule has 0 unspecified atom stereocenters. The van der Waals surface area contributed by atoms with Gasteiger partial charge in [0, 0.05) is 37.2 Å². The molecule has 0 aliphatic rings. The summed E-state index contributed by atoms with van der Waals surface area (Å²) in [5.74, 6) is 3.49. The van der Waals surface area contributed by atoms with Crippen LogP contribution in [0.5, 0.6) is 0 Å². The fraction of sp³-hybridized carbons (Fsp3) is 0. The van der Waals surface area contributed by atoms with Crippen molar-refractivity contribution in [1.82, 2.24) is 29.9 Å². The third-order valence-electron chi connectivity index (χ3n) is 4.66. The van der Waals surface area contributed by atoms with E-state index in [-0.39, 0.29) is 17.1 Å². The van der Waals surface area contributed by atoms with Crippen LogP contribution in [0.4, 0.5) is 85.3 Å². The van der Waals surface area contributed by atoms with E-state index in [9.17, 15) is 50.4 Å². The van der Waals surface area contributed by atoms with Crippen molar-refractivity contribution in [3.63, 3.8) is 0 Å². The van der Waals surface area contributed by atoms with Gasteiger partial charge in [-0.2, -0.15) is 0 Å². The minimum atomic E-state index is -10.7. The zero-order valence-electron chi connectivity index (χ0n) is 28.0. The van der Waals surface area contributed by atoms with Crippen LogP contribution in [0.15, 0.2) is 177 Å².